The van der Waals surface area contributed by atoms with Crippen LogP contribution in [0.15, 0.2) is 35.3 Å². The fraction of sp³-hybridized carbons (Fsp3) is 0.450. The van der Waals surface area contributed by atoms with Gasteiger partial charge in [0.25, 0.3) is 0 Å². The second-order valence-corrected chi connectivity index (χ2v) is 7.12. The molecule has 0 saturated carbocycles. The first kappa shape index (κ1) is 15.5. The number of hydrogen-bond donors (Lipinski definition) is 1. The van der Waals surface area contributed by atoms with E-state index >= 15 is 0 Å². The molecule has 0 radical (unpaired) electrons. The Morgan fingerprint density at radius 3 is 2.71 bits per heavy atom. The van der Waals surface area contributed by atoms with Crippen molar-refractivity contribution in [3.05, 3.63) is 46.4 Å². The number of fused-ring (bicyclic) bond motifs is 3. The topological polar surface area (TPSA) is 41.0 Å². The first-order valence-corrected chi connectivity index (χ1v) is 8.99. The molecule has 2 aromatic heterocycles. The molecule has 1 saturated heterocycles. The molecule has 1 aliphatic heterocycles. The Morgan fingerprint density at radius 2 is 1.92 bits per heavy atom. The van der Waals surface area contributed by atoms with E-state index in [1.807, 2.05) is 12.3 Å². The zero-order chi connectivity index (χ0) is 16.7. The van der Waals surface area contributed by atoms with E-state index in [2.05, 4.69) is 34.4 Å². The minimum atomic E-state index is 0.0818. The Morgan fingerprint density at radius 1 is 1.12 bits per heavy atom. The summed E-state index contributed by atoms with van der Waals surface area (Å²) in [5.74, 6) is 0. The maximum atomic E-state index is 12.0. The summed E-state index contributed by atoms with van der Waals surface area (Å²) in [6.45, 7) is 7.82. The van der Waals surface area contributed by atoms with Crippen molar-refractivity contribution in [3.63, 3.8) is 0 Å². The lowest BCUT2D eigenvalue weighted by atomic mass is 10.1. The van der Waals surface area contributed by atoms with E-state index in [-0.39, 0.29) is 5.43 Å². The smallest absolute Gasteiger partial charge is 0.180 e. The van der Waals surface area contributed by atoms with Gasteiger partial charge in [-0.25, -0.2) is 0 Å². The number of aromatic amines is 1. The highest BCUT2D eigenvalue weighted by molar-refractivity contribution is 6.08. The lowest BCUT2D eigenvalue weighted by Gasteiger charge is -2.30. The molecule has 1 N–H and O–H groups in total. The molecule has 0 bridgehead atoms. The third-order valence-corrected chi connectivity index (χ3v) is 5.33. The van der Waals surface area contributed by atoms with Gasteiger partial charge in [-0.3, -0.25) is 4.79 Å². The van der Waals surface area contributed by atoms with E-state index in [0.29, 0.717) is 6.04 Å². The van der Waals surface area contributed by atoms with Crippen molar-refractivity contribution >= 4 is 21.8 Å². The molecule has 3 heterocycles. The summed E-state index contributed by atoms with van der Waals surface area (Å²) in [4.78, 5) is 17.9. The summed E-state index contributed by atoms with van der Waals surface area (Å²) in [7, 11) is 0. The minimum Gasteiger partial charge on any atom is -0.364 e. The largest absolute Gasteiger partial charge is 0.364 e. The highest BCUT2D eigenvalue weighted by Gasteiger charge is 2.20. The first-order chi connectivity index (χ1) is 11.6. The van der Waals surface area contributed by atoms with Crippen LogP contribution in [0, 0.1) is 6.92 Å². The van der Waals surface area contributed by atoms with E-state index in [0.717, 1.165) is 17.8 Å². The maximum absolute atomic E-state index is 12.0. The van der Waals surface area contributed by atoms with Crippen LogP contribution in [-0.4, -0.2) is 34.1 Å². The average Bonchev–Trinajstić information content (AvgIpc) is 2.90. The van der Waals surface area contributed by atoms with Crippen LogP contribution in [0.1, 0.15) is 37.9 Å². The molecule has 0 aliphatic carbocycles. The number of pyridine rings is 1. The molecule has 1 aliphatic rings. The van der Waals surface area contributed by atoms with E-state index < -0.39 is 0 Å². The van der Waals surface area contributed by atoms with Gasteiger partial charge in [-0.15, -0.1) is 0 Å². The van der Waals surface area contributed by atoms with Gasteiger partial charge in [-0.2, -0.15) is 0 Å². The van der Waals surface area contributed by atoms with Gasteiger partial charge in [0.05, 0.1) is 11.0 Å². The molecule has 1 aromatic carbocycles. The Kier molecular flexibility index (Phi) is 3.93. The molecule has 0 amide bonds. The standard InChI is InChI=1S/C20H25N3O/c1-14(13-22-10-4-3-5-11-22)23-19-12-16(24)6-7-17(19)18-8-9-21-15(2)20(18)23/h6-9,12,14,21H,3-5,10-11,13H2,1-2H3. The van der Waals surface area contributed by atoms with Crippen LogP contribution < -0.4 is 5.43 Å². The quantitative estimate of drug-likeness (QED) is 0.795. The van der Waals surface area contributed by atoms with Crippen molar-refractivity contribution in [3.8, 4) is 0 Å². The molecule has 0 spiro atoms. The maximum Gasteiger partial charge on any atom is 0.180 e. The number of aromatic nitrogens is 2. The summed E-state index contributed by atoms with van der Waals surface area (Å²) in [6, 6.07) is 7.90. The van der Waals surface area contributed by atoms with Gasteiger partial charge < -0.3 is 14.5 Å². The fourth-order valence-corrected chi connectivity index (χ4v) is 4.24. The second-order valence-electron chi connectivity index (χ2n) is 7.12. The highest BCUT2D eigenvalue weighted by Crippen LogP contribution is 2.32. The minimum absolute atomic E-state index is 0.0818. The van der Waals surface area contributed by atoms with Crippen molar-refractivity contribution in [2.24, 2.45) is 0 Å². The third kappa shape index (κ3) is 2.55. The van der Waals surface area contributed by atoms with Crippen LogP contribution in [0.2, 0.25) is 0 Å². The highest BCUT2D eigenvalue weighted by atomic mass is 16.1. The van der Waals surface area contributed by atoms with Crippen molar-refractivity contribution < 1.29 is 0 Å². The third-order valence-electron chi connectivity index (χ3n) is 5.33. The van der Waals surface area contributed by atoms with E-state index in [9.17, 15) is 4.79 Å². The zero-order valence-corrected chi connectivity index (χ0v) is 14.5. The van der Waals surface area contributed by atoms with Gasteiger partial charge in [-0.1, -0.05) is 6.42 Å². The van der Waals surface area contributed by atoms with E-state index in [1.54, 1.807) is 12.1 Å². The molecule has 1 fully saturated rings. The van der Waals surface area contributed by atoms with Gasteiger partial charge in [0.2, 0.25) is 0 Å². The lowest BCUT2D eigenvalue weighted by molar-refractivity contribution is 0.204. The number of nitrogens with one attached hydrogen (secondary N) is 1. The SMILES string of the molecule is Cc1[nH]ccc2c3ccc(=O)cc3n(C(C)CN3CCCCC3)c12. The summed E-state index contributed by atoms with van der Waals surface area (Å²) < 4.78 is 2.37. The average molecular weight is 323 g/mol. The van der Waals surface area contributed by atoms with Crippen molar-refractivity contribution in [1.29, 1.82) is 0 Å². The number of benzene rings is 1. The zero-order valence-electron chi connectivity index (χ0n) is 14.5. The van der Waals surface area contributed by atoms with Crippen LogP contribution >= 0.6 is 0 Å². The summed E-state index contributed by atoms with van der Waals surface area (Å²) in [5, 5.41) is 2.40. The van der Waals surface area contributed by atoms with Gasteiger partial charge in [-0.05, 0) is 58.0 Å². The molecule has 4 heteroatoms. The molecule has 1 atom stereocenters. The number of nitrogens with zero attached hydrogens (tertiary/aromatic N) is 2. The Balaban J connectivity index is 1.87. The predicted octanol–water partition coefficient (Wildman–Crippen LogP) is 3.84. The fourth-order valence-electron chi connectivity index (χ4n) is 4.24. The molecule has 126 valence electrons. The second kappa shape index (κ2) is 6.10. The lowest BCUT2D eigenvalue weighted by Crippen LogP contribution is -2.34. The van der Waals surface area contributed by atoms with Crippen LogP contribution in [0.3, 0.4) is 0 Å². The molecule has 24 heavy (non-hydrogen) atoms. The molecule has 4 nitrogen and oxygen atoms in total. The van der Waals surface area contributed by atoms with Crippen LogP contribution in [0.5, 0.6) is 0 Å². The summed E-state index contributed by atoms with van der Waals surface area (Å²) >= 11 is 0. The molecule has 3 aromatic rings. The van der Waals surface area contributed by atoms with E-state index in [1.165, 1.54) is 48.6 Å². The molecule has 1 unspecified atom stereocenters. The molecular formula is C20H25N3O. The number of aryl methyl sites for hydroxylation is 1. The van der Waals surface area contributed by atoms with Crippen LogP contribution in [0.4, 0.5) is 0 Å². The predicted molar refractivity (Wildman–Crippen MR) is 99.8 cm³/mol. The van der Waals surface area contributed by atoms with Gasteiger partial charge >= 0.3 is 0 Å². The van der Waals surface area contributed by atoms with Crippen molar-refractivity contribution in [2.75, 3.05) is 19.6 Å². The van der Waals surface area contributed by atoms with Crippen LogP contribution in [-0.2, 0) is 0 Å². The summed E-state index contributed by atoms with van der Waals surface area (Å²) in [5.41, 5.74) is 3.52. The normalized spacial score (nSPS) is 17.6. The number of likely N-dealkylation sites (tertiary alicyclic amines) is 1. The number of piperidine rings is 1. The molecular weight excluding hydrogens is 298 g/mol. The number of rotatable bonds is 3. The van der Waals surface area contributed by atoms with Crippen LogP contribution in [0.25, 0.3) is 21.8 Å². The summed E-state index contributed by atoms with van der Waals surface area (Å²) in [6.07, 6.45) is 5.95. The Labute approximate surface area is 142 Å². The van der Waals surface area contributed by atoms with Crippen molar-refractivity contribution in [2.45, 2.75) is 39.2 Å². The monoisotopic (exact) mass is 323 g/mol. The Bertz CT molecular complexity index is 931. The van der Waals surface area contributed by atoms with E-state index in [4.69, 9.17) is 0 Å². The van der Waals surface area contributed by atoms with Gasteiger partial charge in [0.1, 0.15) is 0 Å². The Hall–Kier alpha value is -2.07. The van der Waals surface area contributed by atoms with Gasteiger partial charge in [0.15, 0.2) is 5.43 Å². The first-order valence-electron chi connectivity index (χ1n) is 8.99. The molecule has 4 rings (SSSR count). The number of hydrogen-bond acceptors (Lipinski definition) is 2. The number of H-pyrrole nitrogens is 1. The van der Waals surface area contributed by atoms with Crippen molar-refractivity contribution in [1.82, 2.24) is 14.5 Å². The van der Waals surface area contributed by atoms with Gasteiger partial charge in [0, 0.05) is 41.3 Å².